The van der Waals surface area contributed by atoms with Gasteiger partial charge in [0.2, 0.25) is 0 Å². The van der Waals surface area contributed by atoms with Gasteiger partial charge in [0.15, 0.2) is 0 Å². The first-order valence-corrected chi connectivity index (χ1v) is 7.37. The van der Waals surface area contributed by atoms with Crippen molar-refractivity contribution in [1.29, 1.82) is 0 Å². The van der Waals surface area contributed by atoms with Crippen molar-refractivity contribution in [2.75, 3.05) is 0 Å². The smallest absolute Gasteiger partial charge is 0.274 e. The van der Waals surface area contributed by atoms with E-state index < -0.39 is 0 Å². The molecule has 1 aromatic heterocycles. The van der Waals surface area contributed by atoms with Crippen LogP contribution in [-0.2, 0) is 5.41 Å². The molecule has 1 N–H and O–H groups in total. The molecule has 0 saturated heterocycles. The van der Waals surface area contributed by atoms with E-state index in [9.17, 15) is 4.79 Å². The highest BCUT2D eigenvalue weighted by molar-refractivity contribution is 5.46. The van der Waals surface area contributed by atoms with E-state index in [-0.39, 0.29) is 16.4 Å². The van der Waals surface area contributed by atoms with Gasteiger partial charge >= 0.3 is 0 Å². The second kappa shape index (κ2) is 3.46. The average molecular weight is 268 g/mol. The van der Waals surface area contributed by atoms with Crippen molar-refractivity contribution < 1.29 is 0 Å². The molecule has 2 aliphatic carbocycles. The van der Waals surface area contributed by atoms with Gasteiger partial charge in [0.25, 0.3) is 5.56 Å². The predicted octanol–water partition coefficient (Wildman–Crippen LogP) is 3.34. The molecule has 2 aromatic rings. The van der Waals surface area contributed by atoms with E-state index in [1.54, 1.807) is 4.68 Å². The van der Waals surface area contributed by atoms with E-state index in [1.165, 1.54) is 12.1 Å². The Hall–Kier alpha value is -1.77. The molecule has 0 spiro atoms. The molecule has 3 heteroatoms. The maximum absolute atomic E-state index is 12.8. The quantitative estimate of drug-likeness (QED) is 0.846. The van der Waals surface area contributed by atoms with Crippen LogP contribution in [0.3, 0.4) is 0 Å². The second-order valence-corrected chi connectivity index (χ2v) is 7.02. The van der Waals surface area contributed by atoms with Gasteiger partial charge in [-0.05, 0) is 36.3 Å². The Morgan fingerprint density at radius 1 is 1.20 bits per heavy atom. The van der Waals surface area contributed by atoms with Crippen LogP contribution in [0.1, 0.15) is 50.8 Å². The van der Waals surface area contributed by atoms with Crippen LogP contribution in [0.15, 0.2) is 35.1 Å². The lowest BCUT2D eigenvalue weighted by Gasteiger charge is -2.34. The minimum absolute atomic E-state index is 0.103. The Kier molecular flexibility index (Phi) is 2.08. The van der Waals surface area contributed by atoms with Crippen molar-refractivity contribution in [1.82, 2.24) is 9.78 Å². The summed E-state index contributed by atoms with van der Waals surface area (Å²) in [6.45, 7) is 6.93. The van der Waals surface area contributed by atoms with Crippen LogP contribution < -0.4 is 5.56 Å². The van der Waals surface area contributed by atoms with Crippen molar-refractivity contribution in [3.8, 4) is 5.69 Å². The number of aromatic amines is 1. The van der Waals surface area contributed by atoms with Crippen LogP contribution in [0.4, 0.5) is 0 Å². The van der Waals surface area contributed by atoms with Gasteiger partial charge in [-0.25, -0.2) is 4.68 Å². The van der Waals surface area contributed by atoms with Crippen molar-refractivity contribution in [2.24, 2.45) is 5.41 Å². The molecule has 2 unspecified atom stereocenters. The van der Waals surface area contributed by atoms with Gasteiger partial charge in [-0.3, -0.25) is 9.89 Å². The topological polar surface area (TPSA) is 37.8 Å². The summed E-state index contributed by atoms with van der Waals surface area (Å²) >= 11 is 0. The SMILES string of the molecule is CC12CCC(c3c1[nH]n(-c1ccccc1)c3=O)C2(C)C. The number of rotatable bonds is 1. The van der Waals surface area contributed by atoms with E-state index in [4.69, 9.17) is 0 Å². The number of H-pyrrole nitrogens is 1. The zero-order valence-corrected chi connectivity index (χ0v) is 12.2. The summed E-state index contributed by atoms with van der Waals surface area (Å²) in [6.07, 6.45) is 2.31. The van der Waals surface area contributed by atoms with Crippen LogP contribution in [-0.4, -0.2) is 9.78 Å². The molecule has 0 amide bonds. The lowest BCUT2D eigenvalue weighted by Crippen LogP contribution is -2.33. The standard InChI is InChI=1S/C17H20N2O/c1-16(2)12-9-10-17(16,3)14-13(12)15(20)19(18-14)11-7-5-4-6-8-11/h4-8,12,18H,9-10H2,1-3H3. The van der Waals surface area contributed by atoms with Gasteiger partial charge in [-0.15, -0.1) is 0 Å². The van der Waals surface area contributed by atoms with E-state index in [2.05, 4.69) is 25.9 Å². The van der Waals surface area contributed by atoms with Gasteiger partial charge in [0.05, 0.1) is 5.69 Å². The Labute approximate surface area is 118 Å². The molecule has 2 atom stereocenters. The second-order valence-electron chi connectivity index (χ2n) is 7.02. The van der Waals surface area contributed by atoms with Crippen LogP contribution in [0.5, 0.6) is 0 Å². The van der Waals surface area contributed by atoms with Gasteiger partial charge < -0.3 is 0 Å². The molecule has 3 nitrogen and oxygen atoms in total. The summed E-state index contributed by atoms with van der Waals surface area (Å²) in [5, 5.41) is 3.41. The van der Waals surface area contributed by atoms with Crippen LogP contribution in [0.25, 0.3) is 5.69 Å². The number of hydrogen-bond donors (Lipinski definition) is 1. The number of hydrogen-bond acceptors (Lipinski definition) is 1. The van der Waals surface area contributed by atoms with Gasteiger partial charge in [-0.2, -0.15) is 0 Å². The molecular weight excluding hydrogens is 248 g/mol. The fourth-order valence-corrected chi connectivity index (χ4v) is 4.41. The first kappa shape index (κ1) is 12.0. The highest BCUT2D eigenvalue weighted by Crippen LogP contribution is 2.66. The van der Waals surface area contributed by atoms with E-state index in [1.807, 2.05) is 30.3 Å². The van der Waals surface area contributed by atoms with E-state index in [0.717, 1.165) is 17.7 Å². The summed E-state index contributed by atoms with van der Waals surface area (Å²) in [5.74, 6) is 0.399. The fourth-order valence-electron chi connectivity index (χ4n) is 4.41. The number of fused-ring (bicyclic) bond motifs is 5. The lowest BCUT2D eigenvalue weighted by atomic mass is 9.70. The van der Waals surface area contributed by atoms with Gasteiger partial charge in [0, 0.05) is 16.7 Å². The van der Waals surface area contributed by atoms with Crippen LogP contribution in [0.2, 0.25) is 0 Å². The molecule has 1 saturated carbocycles. The Morgan fingerprint density at radius 3 is 2.55 bits per heavy atom. The number of para-hydroxylation sites is 1. The third-order valence-electron chi connectivity index (χ3n) is 6.07. The number of benzene rings is 1. The summed E-state index contributed by atoms with van der Waals surface area (Å²) in [6, 6.07) is 9.85. The van der Waals surface area contributed by atoms with Crippen molar-refractivity contribution >= 4 is 0 Å². The Morgan fingerprint density at radius 2 is 1.90 bits per heavy atom. The van der Waals surface area contributed by atoms with Crippen molar-refractivity contribution in [3.63, 3.8) is 0 Å². The predicted molar refractivity (Wildman–Crippen MR) is 79.5 cm³/mol. The van der Waals surface area contributed by atoms with Crippen molar-refractivity contribution in [3.05, 3.63) is 51.9 Å². The Bertz CT molecular complexity index is 738. The summed E-state index contributed by atoms with van der Waals surface area (Å²) in [4.78, 5) is 12.8. The highest BCUT2D eigenvalue weighted by Gasteiger charge is 2.61. The third-order valence-corrected chi connectivity index (χ3v) is 6.07. The summed E-state index contributed by atoms with van der Waals surface area (Å²) < 4.78 is 1.72. The molecule has 0 aliphatic heterocycles. The molecule has 2 aliphatic rings. The number of nitrogens with zero attached hydrogens (tertiary/aromatic N) is 1. The first-order valence-electron chi connectivity index (χ1n) is 7.37. The summed E-state index contributed by atoms with van der Waals surface area (Å²) in [5.41, 5.74) is 3.57. The molecule has 1 aromatic carbocycles. The van der Waals surface area contributed by atoms with Crippen LogP contribution in [0, 0.1) is 5.41 Å². The number of aromatic nitrogens is 2. The average Bonchev–Trinajstić information content (AvgIpc) is 2.95. The summed E-state index contributed by atoms with van der Waals surface area (Å²) in [7, 11) is 0. The maximum Gasteiger partial charge on any atom is 0.274 e. The lowest BCUT2D eigenvalue weighted by molar-refractivity contribution is 0.224. The van der Waals surface area contributed by atoms with Crippen molar-refractivity contribution in [2.45, 2.75) is 44.9 Å². The zero-order chi connectivity index (χ0) is 14.1. The third kappa shape index (κ3) is 1.15. The monoisotopic (exact) mass is 268 g/mol. The minimum Gasteiger partial charge on any atom is -0.294 e. The molecular formula is C17H20N2O. The molecule has 1 fully saturated rings. The van der Waals surface area contributed by atoms with E-state index >= 15 is 0 Å². The molecule has 4 rings (SSSR count). The van der Waals surface area contributed by atoms with Gasteiger partial charge in [-0.1, -0.05) is 39.0 Å². The first-order chi connectivity index (χ1) is 9.47. The van der Waals surface area contributed by atoms with Gasteiger partial charge in [0.1, 0.15) is 0 Å². The maximum atomic E-state index is 12.8. The Balaban J connectivity index is 1.97. The highest BCUT2D eigenvalue weighted by atomic mass is 16.1. The zero-order valence-electron chi connectivity index (χ0n) is 12.2. The molecule has 0 radical (unpaired) electrons. The largest absolute Gasteiger partial charge is 0.294 e. The van der Waals surface area contributed by atoms with E-state index in [0.29, 0.717) is 5.92 Å². The molecule has 104 valence electrons. The minimum atomic E-state index is 0.103. The molecule has 1 heterocycles. The number of nitrogens with one attached hydrogen (secondary N) is 1. The fraction of sp³-hybridized carbons (Fsp3) is 0.471. The molecule has 2 bridgehead atoms. The van der Waals surface area contributed by atoms with Crippen LogP contribution >= 0.6 is 0 Å². The normalized spacial score (nSPS) is 29.6. The molecule has 20 heavy (non-hydrogen) atoms.